The first-order valence-corrected chi connectivity index (χ1v) is 7.97. The molecular weight excluding hydrogens is 318 g/mol. The van der Waals surface area contributed by atoms with Gasteiger partial charge in [0.1, 0.15) is 5.75 Å². The lowest BCUT2D eigenvalue weighted by molar-refractivity contribution is 0.284. The van der Waals surface area contributed by atoms with E-state index in [1.54, 1.807) is 0 Å². The lowest BCUT2D eigenvalue weighted by Gasteiger charge is -2.07. The average molecular weight is 332 g/mol. The van der Waals surface area contributed by atoms with E-state index >= 15 is 0 Å². The number of aromatic nitrogens is 2. The highest BCUT2D eigenvalue weighted by Gasteiger charge is 2.13. The van der Waals surface area contributed by atoms with Gasteiger partial charge in [0, 0.05) is 5.92 Å². The maximum absolute atomic E-state index is 11.2. The van der Waals surface area contributed by atoms with Gasteiger partial charge in [0.25, 0.3) is 0 Å². The molecule has 1 aromatic heterocycles. The number of halogens is 1. The number of hydrogen-bond donors (Lipinski definition) is 1. The van der Waals surface area contributed by atoms with Gasteiger partial charge in [0.05, 0.1) is 9.92 Å². The summed E-state index contributed by atoms with van der Waals surface area (Å²) < 4.78 is 32.8. The summed E-state index contributed by atoms with van der Waals surface area (Å²) in [5.74, 6) is 1.33. The SMILES string of the molecule is CC(C)c1nc(COc2ccc(S(N)(=O)=O)cc2Cl)no1. The molecule has 0 spiro atoms. The maximum atomic E-state index is 11.2. The minimum Gasteiger partial charge on any atom is -0.484 e. The fraction of sp³-hybridized carbons (Fsp3) is 0.333. The monoisotopic (exact) mass is 331 g/mol. The molecule has 2 aromatic rings. The molecule has 0 saturated carbocycles. The lowest BCUT2D eigenvalue weighted by atomic mass is 10.2. The Balaban J connectivity index is 2.09. The van der Waals surface area contributed by atoms with Crippen molar-refractivity contribution in [2.75, 3.05) is 0 Å². The second kappa shape index (κ2) is 6.00. The van der Waals surface area contributed by atoms with Crippen molar-refractivity contribution < 1.29 is 17.7 Å². The molecule has 0 aliphatic rings. The van der Waals surface area contributed by atoms with Crippen molar-refractivity contribution in [3.63, 3.8) is 0 Å². The van der Waals surface area contributed by atoms with Gasteiger partial charge in [-0.2, -0.15) is 4.98 Å². The van der Waals surface area contributed by atoms with Crippen molar-refractivity contribution in [1.29, 1.82) is 0 Å². The predicted octanol–water partition coefficient (Wildman–Crippen LogP) is 2.07. The van der Waals surface area contributed by atoms with E-state index in [4.69, 9.17) is 26.0 Å². The Labute approximate surface area is 127 Å². The van der Waals surface area contributed by atoms with E-state index in [0.29, 0.717) is 17.5 Å². The standard InChI is InChI=1S/C12H14ClN3O4S/c1-7(2)12-15-11(16-20-12)6-19-10-4-3-8(5-9(10)13)21(14,17)18/h3-5,7H,6H2,1-2H3,(H2,14,17,18). The third-order valence-electron chi connectivity index (χ3n) is 2.57. The number of sulfonamides is 1. The molecule has 1 heterocycles. The lowest BCUT2D eigenvalue weighted by Crippen LogP contribution is -2.12. The fourth-order valence-electron chi connectivity index (χ4n) is 1.48. The second-order valence-electron chi connectivity index (χ2n) is 4.63. The van der Waals surface area contributed by atoms with Gasteiger partial charge in [-0.1, -0.05) is 30.6 Å². The Morgan fingerprint density at radius 1 is 1.43 bits per heavy atom. The molecule has 0 aliphatic heterocycles. The quantitative estimate of drug-likeness (QED) is 0.898. The molecule has 2 rings (SSSR count). The molecule has 2 N–H and O–H groups in total. The Hall–Kier alpha value is -1.64. The molecule has 114 valence electrons. The van der Waals surface area contributed by atoms with Gasteiger partial charge in [-0.15, -0.1) is 0 Å². The molecule has 0 atom stereocenters. The number of nitrogens with two attached hydrogens (primary N) is 1. The Bertz CT molecular complexity index is 743. The zero-order valence-electron chi connectivity index (χ0n) is 11.4. The normalized spacial score (nSPS) is 11.9. The summed E-state index contributed by atoms with van der Waals surface area (Å²) in [5, 5.41) is 8.91. The molecule has 0 radical (unpaired) electrons. The van der Waals surface area contributed by atoms with Gasteiger partial charge in [0.2, 0.25) is 21.7 Å². The topological polar surface area (TPSA) is 108 Å². The average Bonchev–Trinajstić information content (AvgIpc) is 2.85. The van der Waals surface area contributed by atoms with Crippen molar-refractivity contribution in [3.8, 4) is 5.75 Å². The molecule has 0 aliphatic carbocycles. The van der Waals surface area contributed by atoms with E-state index in [0.717, 1.165) is 0 Å². The Kier molecular flexibility index (Phi) is 4.50. The zero-order chi connectivity index (χ0) is 15.6. The number of rotatable bonds is 5. The van der Waals surface area contributed by atoms with Crippen LogP contribution in [0.25, 0.3) is 0 Å². The number of nitrogens with zero attached hydrogens (tertiary/aromatic N) is 2. The van der Waals surface area contributed by atoms with Crippen LogP contribution in [0.5, 0.6) is 5.75 Å². The van der Waals surface area contributed by atoms with E-state index < -0.39 is 10.0 Å². The summed E-state index contributed by atoms with van der Waals surface area (Å²) in [5.41, 5.74) is 0. The van der Waals surface area contributed by atoms with Crippen LogP contribution < -0.4 is 9.88 Å². The molecule has 7 nitrogen and oxygen atoms in total. The third-order valence-corrected chi connectivity index (χ3v) is 3.77. The van der Waals surface area contributed by atoms with Crippen LogP contribution >= 0.6 is 11.6 Å². The zero-order valence-corrected chi connectivity index (χ0v) is 13.0. The number of primary sulfonamides is 1. The molecule has 0 amide bonds. The van der Waals surface area contributed by atoms with E-state index in [1.807, 2.05) is 13.8 Å². The molecule has 0 bridgehead atoms. The number of ether oxygens (including phenoxy) is 1. The highest BCUT2D eigenvalue weighted by Crippen LogP contribution is 2.27. The van der Waals surface area contributed by atoms with Crippen LogP contribution in [0, 0.1) is 0 Å². The third kappa shape index (κ3) is 3.93. The predicted molar refractivity (Wildman–Crippen MR) is 75.5 cm³/mol. The first-order chi connectivity index (χ1) is 9.77. The second-order valence-corrected chi connectivity index (χ2v) is 6.60. The van der Waals surface area contributed by atoms with Crippen LogP contribution in [0.3, 0.4) is 0 Å². The van der Waals surface area contributed by atoms with Crippen LogP contribution in [-0.2, 0) is 16.6 Å². The van der Waals surface area contributed by atoms with E-state index in [-0.39, 0.29) is 22.4 Å². The van der Waals surface area contributed by atoms with Crippen molar-refractivity contribution in [2.24, 2.45) is 5.14 Å². The molecule has 21 heavy (non-hydrogen) atoms. The maximum Gasteiger partial charge on any atom is 0.238 e. The first-order valence-electron chi connectivity index (χ1n) is 6.05. The van der Waals surface area contributed by atoms with Crippen LogP contribution in [0.2, 0.25) is 5.02 Å². The minimum atomic E-state index is -3.80. The minimum absolute atomic E-state index is 0.0602. The van der Waals surface area contributed by atoms with Crippen LogP contribution in [0.4, 0.5) is 0 Å². The summed E-state index contributed by atoms with van der Waals surface area (Å²) in [6.07, 6.45) is 0. The summed E-state index contributed by atoms with van der Waals surface area (Å²) in [6, 6.07) is 3.96. The molecule has 0 fully saturated rings. The van der Waals surface area contributed by atoms with Crippen molar-refractivity contribution in [3.05, 3.63) is 34.9 Å². The number of hydrogen-bond acceptors (Lipinski definition) is 6. The Morgan fingerprint density at radius 3 is 2.67 bits per heavy atom. The van der Waals surface area contributed by atoms with Gasteiger partial charge in [0.15, 0.2) is 6.61 Å². The smallest absolute Gasteiger partial charge is 0.238 e. The van der Waals surface area contributed by atoms with Gasteiger partial charge in [-0.25, -0.2) is 13.6 Å². The Morgan fingerprint density at radius 2 is 2.14 bits per heavy atom. The van der Waals surface area contributed by atoms with Crippen molar-refractivity contribution in [2.45, 2.75) is 31.3 Å². The van der Waals surface area contributed by atoms with Crippen molar-refractivity contribution >= 4 is 21.6 Å². The highest BCUT2D eigenvalue weighted by molar-refractivity contribution is 7.89. The van der Waals surface area contributed by atoms with Crippen LogP contribution in [0.1, 0.15) is 31.5 Å². The van der Waals surface area contributed by atoms with Gasteiger partial charge in [-0.3, -0.25) is 0 Å². The first kappa shape index (κ1) is 15.7. The largest absolute Gasteiger partial charge is 0.484 e. The van der Waals surface area contributed by atoms with Crippen LogP contribution in [0.15, 0.2) is 27.6 Å². The van der Waals surface area contributed by atoms with Crippen LogP contribution in [-0.4, -0.2) is 18.6 Å². The highest BCUT2D eigenvalue weighted by atomic mass is 35.5. The molecular formula is C12H14ClN3O4S. The summed E-state index contributed by atoms with van der Waals surface area (Å²) >= 11 is 5.95. The van der Waals surface area contributed by atoms with Gasteiger partial charge in [-0.05, 0) is 18.2 Å². The van der Waals surface area contributed by atoms with Gasteiger partial charge < -0.3 is 9.26 Å². The van der Waals surface area contributed by atoms with E-state index in [9.17, 15) is 8.42 Å². The fourth-order valence-corrected chi connectivity index (χ4v) is 2.32. The van der Waals surface area contributed by atoms with Crippen molar-refractivity contribution in [1.82, 2.24) is 10.1 Å². The van der Waals surface area contributed by atoms with E-state index in [1.165, 1.54) is 18.2 Å². The molecule has 9 heteroatoms. The molecule has 0 unspecified atom stereocenters. The summed E-state index contributed by atoms with van der Waals surface area (Å²) in [7, 11) is -3.80. The summed E-state index contributed by atoms with van der Waals surface area (Å²) in [6.45, 7) is 3.92. The number of benzene rings is 1. The summed E-state index contributed by atoms with van der Waals surface area (Å²) in [4.78, 5) is 4.07. The molecule has 1 aromatic carbocycles. The molecule has 0 saturated heterocycles. The van der Waals surface area contributed by atoms with Gasteiger partial charge >= 0.3 is 0 Å². The van der Waals surface area contributed by atoms with E-state index in [2.05, 4.69) is 10.1 Å².